The van der Waals surface area contributed by atoms with Crippen LogP contribution in [0.5, 0.6) is 5.75 Å². The van der Waals surface area contributed by atoms with Gasteiger partial charge < -0.3 is 19.7 Å². The number of para-hydroxylation sites is 1. The highest BCUT2D eigenvalue weighted by molar-refractivity contribution is 5.89. The Morgan fingerprint density at radius 1 is 1.26 bits per heavy atom. The minimum absolute atomic E-state index is 0.0320. The molecule has 4 rings (SSSR count). The second kappa shape index (κ2) is 7.15. The molecule has 2 atom stereocenters. The number of rotatable bonds is 3. The zero-order valence-electron chi connectivity index (χ0n) is 16.1. The molecule has 3 aliphatic rings. The summed E-state index contributed by atoms with van der Waals surface area (Å²) in [4.78, 5) is 26.9. The van der Waals surface area contributed by atoms with Crippen molar-refractivity contribution < 1.29 is 19.1 Å². The molecule has 0 aliphatic carbocycles. The zero-order chi connectivity index (χ0) is 19.0. The van der Waals surface area contributed by atoms with E-state index in [0.29, 0.717) is 26.2 Å². The molecule has 3 heterocycles. The lowest BCUT2D eigenvalue weighted by molar-refractivity contribution is -0.130. The highest BCUT2D eigenvalue weighted by Crippen LogP contribution is 2.44. The topological polar surface area (TPSA) is 67.9 Å². The van der Waals surface area contributed by atoms with Crippen molar-refractivity contribution in [3.05, 3.63) is 29.8 Å². The van der Waals surface area contributed by atoms with E-state index in [1.54, 1.807) is 4.90 Å². The third-order valence-electron chi connectivity index (χ3n) is 6.07. The number of fused-ring (bicyclic) bond motifs is 1. The number of carbonyl (C=O) groups excluding carboxylic acids is 2. The Balaban J connectivity index is 1.52. The number of benzene rings is 1. The van der Waals surface area contributed by atoms with Gasteiger partial charge in [-0.1, -0.05) is 18.2 Å². The van der Waals surface area contributed by atoms with Crippen molar-refractivity contribution in [1.82, 2.24) is 10.2 Å². The molecule has 146 valence electrons. The van der Waals surface area contributed by atoms with Gasteiger partial charge in [-0.3, -0.25) is 9.59 Å². The van der Waals surface area contributed by atoms with Crippen LogP contribution >= 0.6 is 0 Å². The number of ether oxygens (including phenoxy) is 2. The fourth-order valence-corrected chi connectivity index (χ4v) is 4.49. The van der Waals surface area contributed by atoms with Gasteiger partial charge in [-0.25, -0.2) is 0 Å². The molecule has 6 nitrogen and oxygen atoms in total. The molecule has 6 heteroatoms. The number of hydrogen-bond donors (Lipinski definition) is 1. The summed E-state index contributed by atoms with van der Waals surface area (Å²) in [5.74, 6) is 0.608. The lowest BCUT2D eigenvalue weighted by atomic mass is 9.82. The van der Waals surface area contributed by atoms with E-state index < -0.39 is 0 Å². The molecular weight excluding hydrogens is 344 g/mol. The summed E-state index contributed by atoms with van der Waals surface area (Å²) in [6, 6.07) is 7.97. The van der Waals surface area contributed by atoms with Gasteiger partial charge in [0.25, 0.3) is 0 Å². The number of carbonyl (C=O) groups is 2. The van der Waals surface area contributed by atoms with E-state index >= 15 is 0 Å². The Morgan fingerprint density at radius 2 is 2.00 bits per heavy atom. The van der Waals surface area contributed by atoms with Gasteiger partial charge in [0.2, 0.25) is 11.8 Å². The minimum atomic E-state index is -0.278. The van der Waals surface area contributed by atoms with Gasteiger partial charge >= 0.3 is 0 Å². The standard InChI is InChI=1S/C21H28N2O4/c1-14(2)23-13-15(11-19(23)24)20(25)22-17-12-21(7-9-26-10-8-21)27-18-6-4-3-5-16(17)18/h3-6,14-15,17H,7-13H2,1-2H3,(H,22,25)/t15-,17-/m0/s1. The number of likely N-dealkylation sites (tertiary alicyclic amines) is 1. The van der Waals surface area contributed by atoms with E-state index in [2.05, 4.69) is 5.32 Å². The Labute approximate surface area is 160 Å². The van der Waals surface area contributed by atoms with Gasteiger partial charge in [0.05, 0.1) is 25.2 Å². The molecular formula is C21H28N2O4. The van der Waals surface area contributed by atoms with E-state index in [1.165, 1.54) is 0 Å². The summed E-state index contributed by atoms with van der Waals surface area (Å²) in [6.07, 6.45) is 2.70. The van der Waals surface area contributed by atoms with Gasteiger partial charge in [0.1, 0.15) is 11.4 Å². The molecule has 0 unspecified atom stereocenters. The number of amides is 2. The van der Waals surface area contributed by atoms with Crippen LogP contribution in [0.3, 0.4) is 0 Å². The summed E-state index contributed by atoms with van der Waals surface area (Å²) < 4.78 is 11.9. The smallest absolute Gasteiger partial charge is 0.225 e. The van der Waals surface area contributed by atoms with Gasteiger partial charge in [0, 0.05) is 43.8 Å². The van der Waals surface area contributed by atoms with Crippen molar-refractivity contribution in [2.75, 3.05) is 19.8 Å². The molecule has 1 aromatic rings. The van der Waals surface area contributed by atoms with E-state index in [0.717, 1.165) is 30.6 Å². The SMILES string of the molecule is CC(C)N1C[C@@H](C(=O)N[C@H]2CC3(CCOCC3)Oc3ccccc32)CC1=O. The van der Waals surface area contributed by atoms with Crippen molar-refractivity contribution >= 4 is 11.8 Å². The Morgan fingerprint density at radius 3 is 2.70 bits per heavy atom. The highest BCUT2D eigenvalue weighted by Gasteiger charge is 2.44. The molecule has 3 aliphatic heterocycles. The number of nitrogens with zero attached hydrogens (tertiary/aromatic N) is 1. The highest BCUT2D eigenvalue weighted by atomic mass is 16.5. The first-order valence-electron chi connectivity index (χ1n) is 9.93. The predicted octanol–water partition coefficient (Wildman–Crippen LogP) is 2.43. The van der Waals surface area contributed by atoms with Gasteiger partial charge in [-0.05, 0) is 19.9 Å². The first-order valence-corrected chi connectivity index (χ1v) is 9.93. The van der Waals surface area contributed by atoms with E-state index in [-0.39, 0.29) is 35.4 Å². The van der Waals surface area contributed by atoms with Crippen LogP contribution in [0, 0.1) is 5.92 Å². The van der Waals surface area contributed by atoms with Crippen molar-refractivity contribution in [2.45, 2.75) is 57.2 Å². The number of nitrogens with one attached hydrogen (secondary N) is 1. The average Bonchev–Trinajstić information content (AvgIpc) is 3.04. The third-order valence-corrected chi connectivity index (χ3v) is 6.07. The average molecular weight is 372 g/mol. The van der Waals surface area contributed by atoms with Crippen molar-refractivity contribution in [3.8, 4) is 5.75 Å². The molecule has 0 saturated carbocycles. The number of hydrogen-bond acceptors (Lipinski definition) is 4. The largest absolute Gasteiger partial charge is 0.487 e. The fraction of sp³-hybridized carbons (Fsp3) is 0.619. The molecule has 1 aromatic carbocycles. The summed E-state index contributed by atoms with van der Waals surface area (Å²) in [7, 11) is 0. The maximum absolute atomic E-state index is 13.0. The second-order valence-electron chi connectivity index (χ2n) is 8.24. The Bertz CT molecular complexity index is 727. The van der Waals surface area contributed by atoms with Crippen molar-refractivity contribution in [2.24, 2.45) is 5.92 Å². The van der Waals surface area contributed by atoms with Crippen LogP contribution in [0.1, 0.15) is 51.1 Å². The van der Waals surface area contributed by atoms with Crippen LogP contribution < -0.4 is 10.1 Å². The summed E-state index contributed by atoms with van der Waals surface area (Å²) >= 11 is 0. The molecule has 0 aromatic heterocycles. The minimum Gasteiger partial charge on any atom is -0.487 e. The second-order valence-corrected chi connectivity index (χ2v) is 8.24. The third kappa shape index (κ3) is 3.55. The van der Waals surface area contributed by atoms with E-state index in [9.17, 15) is 9.59 Å². The fourth-order valence-electron chi connectivity index (χ4n) is 4.49. The van der Waals surface area contributed by atoms with Crippen LogP contribution in [-0.2, 0) is 14.3 Å². The summed E-state index contributed by atoms with van der Waals surface area (Å²) in [5.41, 5.74) is 0.744. The molecule has 1 spiro atoms. The Kier molecular flexibility index (Phi) is 4.84. The molecule has 0 bridgehead atoms. The normalized spacial score (nSPS) is 26.8. The quantitative estimate of drug-likeness (QED) is 0.885. The van der Waals surface area contributed by atoms with Crippen LogP contribution in [0.2, 0.25) is 0 Å². The van der Waals surface area contributed by atoms with Crippen LogP contribution in [0.15, 0.2) is 24.3 Å². The van der Waals surface area contributed by atoms with Crippen LogP contribution in [-0.4, -0.2) is 48.1 Å². The molecule has 27 heavy (non-hydrogen) atoms. The molecule has 2 amide bonds. The molecule has 2 saturated heterocycles. The van der Waals surface area contributed by atoms with Crippen molar-refractivity contribution in [3.63, 3.8) is 0 Å². The van der Waals surface area contributed by atoms with Gasteiger partial charge in [0.15, 0.2) is 0 Å². The van der Waals surface area contributed by atoms with Crippen LogP contribution in [0.4, 0.5) is 0 Å². The monoisotopic (exact) mass is 372 g/mol. The van der Waals surface area contributed by atoms with Gasteiger partial charge in [-0.15, -0.1) is 0 Å². The molecule has 1 N–H and O–H groups in total. The van der Waals surface area contributed by atoms with Crippen LogP contribution in [0.25, 0.3) is 0 Å². The maximum Gasteiger partial charge on any atom is 0.225 e. The summed E-state index contributed by atoms with van der Waals surface area (Å²) in [6.45, 7) is 5.85. The first-order chi connectivity index (χ1) is 13.0. The lowest BCUT2D eigenvalue weighted by Crippen LogP contribution is -2.49. The van der Waals surface area contributed by atoms with E-state index in [4.69, 9.17) is 9.47 Å². The first kappa shape index (κ1) is 18.3. The maximum atomic E-state index is 13.0. The van der Waals surface area contributed by atoms with E-state index in [1.807, 2.05) is 38.1 Å². The molecule has 2 fully saturated rings. The Hall–Kier alpha value is -2.08. The van der Waals surface area contributed by atoms with Gasteiger partial charge in [-0.2, -0.15) is 0 Å². The predicted molar refractivity (Wildman–Crippen MR) is 100 cm³/mol. The van der Waals surface area contributed by atoms with Crippen molar-refractivity contribution in [1.29, 1.82) is 0 Å². The lowest BCUT2D eigenvalue weighted by Gasteiger charge is -2.44. The molecule has 0 radical (unpaired) electrons. The summed E-state index contributed by atoms with van der Waals surface area (Å²) in [5, 5.41) is 3.23. The zero-order valence-corrected chi connectivity index (χ0v) is 16.1.